The number of aromatic nitrogens is 1. The van der Waals surface area contributed by atoms with Gasteiger partial charge >= 0.3 is 6.03 Å². The number of pyridine rings is 1. The summed E-state index contributed by atoms with van der Waals surface area (Å²) < 4.78 is 5.69. The number of hydrazine groups is 1. The van der Waals surface area contributed by atoms with Gasteiger partial charge in [0.15, 0.2) is 0 Å². The van der Waals surface area contributed by atoms with E-state index < -0.39 is 23.8 Å². The Morgan fingerprint density at radius 1 is 0.836 bits per heavy atom. The van der Waals surface area contributed by atoms with E-state index in [4.69, 9.17) is 4.74 Å². The van der Waals surface area contributed by atoms with Gasteiger partial charge in [-0.05, 0) is 111 Å². The number of carbonyl (C=O) groups excluding carboxylic acids is 5. The van der Waals surface area contributed by atoms with Crippen LogP contribution in [0, 0.1) is 20.8 Å². The maximum Gasteiger partial charge on any atom is 0.343 e. The maximum absolute atomic E-state index is 14.0. The number of urea groups is 1. The maximum atomic E-state index is 14.0. The van der Waals surface area contributed by atoms with E-state index >= 15 is 0 Å². The molecule has 4 aliphatic rings. The number of hydrogen-bond acceptors (Lipinski definition) is 10. The van der Waals surface area contributed by atoms with Gasteiger partial charge in [-0.3, -0.25) is 34.2 Å². The molecule has 4 aliphatic heterocycles. The van der Waals surface area contributed by atoms with Crippen LogP contribution in [0.2, 0.25) is 0 Å². The average Bonchev–Trinajstić information content (AvgIpc) is 3.49. The second-order valence-electron chi connectivity index (χ2n) is 16.3. The second kappa shape index (κ2) is 17.3. The molecule has 0 radical (unpaired) electrons. The number of rotatable bonds is 11. The minimum absolute atomic E-state index is 0.00512. The van der Waals surface area contributed by atoms with Gasteiger partial charge in [0.2, 0.25) is 5.91 Å². The number of hydrogen-bond donors (Lipinski definition) is 3. The molecule has 3 aromatic carbocycles. The van der Waals surface area contributed by atoms with Crippen molar-refractivity contribution in [1.82, 2.24) is 30.5 Å². The van der Waals surface area contributed by atoms with Crippen LogP contribution >= 0.6 is 0 Å². The number of nitrogens with one attached hydrogen (secondary N) is 3. The third-order valence-electron chi connectivity index (χ3n) is 12.4. The van der Waals surface area contributed by atoms with E-state index in [1.54, 1.807) is 12.1 Å². The van der Waals surface area contributed by atoms with E-state index in [0.717, 1.165) is 100 Å². The summed E-state index contributed by atoms with van der Waals surface area (Å²) in [6.45, 7) is 13.9. The van der Waals surface area contributed by atoms with Gasteiger partial charge in [-0.1, -0.05) is 18.2 Å². The standard InChI is InChI=1S/C46H52N8O7/c1-5-52(35-13-20-61-21-14-35)40-25-33(24-37(30(40)4)42(56)47-26-39-28(2)22-29(3)48-43(39)57)32-7-9-34(10-8-32)51-18-16-50(17-19-51)27-31-6-11-36-38(23-31)45(59)54(44(36)58)53-15-12-41(55)49-46(53)60/h6-11,22-25,35H,5,12-21,26-27H2,1-4H3,(H,47,56)(H,48,57)(H,49,55,60). The van der Waals surface area contributed by atoms with Gasteiger partial charge in [-0.15, -0.1) is 0 Å². The van der Waals surface area contributed by atoms with Crippen LogP contribution in [0.3, 0.4) is 0 Å². The van der Waals surface area contributed by atoms with E-state index in [0.29, 0.717) is 36.9 Å². The summed E-state index contributed by atoms with van der Waals surface area (Å²) in [6.07, 6.45) is 1.83. The molecule has 8 rings (SSSR count). The number of carbonyl (C=O) groups is 5. The van der Waals surface area contributed by atoms with Crippen LogP contribution in [-0.4, -0.2) is 108 Å². The number of aromatic amines is 1. The minimum atomic E-state index is -0.786. The topological polar surface area (TPSA) is 168 Å². The first kappa shape index (κ1) is 41.4. The van der Waals surface area contributed by atoms with E-state index in [-0.39, 0.29) is 42.1 Å². The summed E-state index contributed by atoms with van der Waals surface area (Å²) in [5.74, 6) is -1.83. The van der Waals surface area contributed by atoms with Crippen molar-refractivity contribution in [2.45, 2.75) is 66.1 Å². The Hall–Kier alpha value is -6.32. The summed E-state index contributed by atoms with van der Waals surface area (Å²) in [4.78, 5) is 87.1. The molecule has 3 fully saturated rings. The van der Waals surface area contributed by atoms with E-state index in [9.17, 15) is 28.8 Å². The fraction of sp³-hybridized carbons (Fsp3) is 0.391. The first-order valence-electron chi connectivity index (χ1n) is 21.1. The monoisotopic (exact) mass is 828 g/mol. The number of ether oxygens (including phenoxy) is 1. The normalized spacial score (nSPS) is 17.5. The van der Waals surface area contributed by atoms with Crippen molar-refractivity contribution >= 4 is 41.0 Å². The molecule has 61 heavy (non-hydrogen) atoms. The number of anilines is 2. The number of amides is 6. The highest BCUT2D eigenvalue weighted by molar-refractivity contribution is 6.22. The van der Waals surface area contributed by atoms with Crippen LogP contribution in [0.4, 0.5) is 16.2 Å². The third kappa shape index (κ3) is 8.40. The molecule has 0 unspecified atom stereocenters. The molecule has 0 bridgehead atoms. The molecular weight excluding hydrogens is 777 g/mol. The molecule has 3 N–H and O–H groups in total. The zero-order valence-corrected chi connectivity index (χ0v) is 35.1. The van der Waals surface area contributed by atoms with Gasteiger partial charge in [-0.2, -0.15) is 5.01 Å². The summed E-state index contributed by atoms with van der Waals surface area (Å²) in [6, 6.07) is 19.3. The molecule has 0 aliphatic carbocycles. The summed E-state index contributed by atoms with van der Waals surface area (Å²) >= 11 is 0. The summed E-state index contributed by atoms with van der Waals surface area (Å²) in [7, 11) is 0. The first-order valence-corrected chi connectivity index (χ1v) is 21.1. The van der Waals surface area contributed by atoms with Crippen LogP contribution in [0.1, 0.15) is 85.2 Å². The van der Waals surface area contributed by atoms with Crippen LogP contribution in [-0.2, 0) is 22.6 Å². The lowest BCUT2D eigenvalue weighted by Gasteiger charge is -2.37. The molecule has 0 atom stereocenters. The van der Waals surface area contributed by atoms with E-state index in [2.05, 4.69) is 67.6 Å². The largest absolute Gasteiger partial charge is 0.381 e. The van der Waals surface area contributed by atoms with Crippen molar-refractivity contribution in [3.8, 4) is 11.1 Å². The lowest BCUT2D eigenvalue weighted by atomic mass is 9.95. The highest BCUT2D eigenvalue weighted by atomic mass is 16.5. The first-order chi connectivity index (χ1) is 29.4. The Labute approximate surface area is 354 Å². The smallest absolute Gasteiger partial charge is 0.343 e. The molecule has 0 spiro atoms. The number of fused-ring (bicyclic) bond motifs is 1. The van der Waals surface area contributed by atoms with Gasteiger partial charge in [-0.25, -0.2) is 9.80 Å². The molecule has 0 saturated carbocycles. The van der Waals surface area contributed by atoms with Crippen LogP contribution in [0.5, 0.6) is 0 Å². The van der Waals surface area contributed by atoms with Crippen molar-refractivity contribution in [3.63, 3.8) is 0 Å². The summed E-state index contributed by atoms with van der Waals surface area (Å²) in [5.41, 5.74) is 8.83. The Kier molecular flexibility index (Phi) is 11.8. The Morgan fingerprint density at radius 2 is 1.56 bits per heavy atom. The van der Waals surface area contributed by atoms with Crippen LogP contribution in [0.25, 0.3) is 11.1 Å². The van der Waals surface area contributed by atoms with Gasteiger partial charge < -0.3 is 24.8 Å². The number of imide groups is 2. The number of aryl methyl sites for hydroxylation is 2. The Bertz CT molecular complexity index is 2450. The second-order valence-corrected chi connectivity index (χ2v) is 16.3. The molecule has 3 saturated heterocycles. The molecule has 1 aromatic heterocycles. The average molecular weight is 829 g/mol. The van der Waals surface area contributed by atoms with Crippen LogP contribution < -0.4 is 26.0 Å². The number of piperazine rings is 1. The fourth-order valence-corrected chi connectivity index (χ4v) is 9.01. The highest BCUT2D eigenvalue weighted by Gasteiger charge is 2.43. The quantitative estimate of drug-likeness (QED) is 0.181. The molecular formula is C46H52N8O7. The van der Waals surface area contributed by atoms with Crippen LogP contribution in [0.15, 0.2) is 65.5 Å². The number of H-pyrrole nitrogens is 1. The fourth-order valence-electron chi connectivity index (χ4n) is 9.01. The molecule has 15 nitrogen and oxygen atoms in total. The van der Waals surface area contributed by atoms with Gasteiger partial charge in [0.1, 0.15) is 0 Å². The minimum Gasteiger partial charge on any atom is -0.381 e. The number of nitrogens with zero attached hydrogens (tertiary/aromatic N) is 5. The van der Waals surface area contributed by atoms with Gasteiger partial charge in [0, 0.05) is 99.7 Å². The molecule has 15 heteroatoms. The predicted octanol–water partition coefficient (Wildman–Crippen LogP) is 4.68. The lowest BCUT2D eigenvalue weighted by Crippen LogP contribution is -2.58. The molecule has 5 heterocycles. The van der Waals surface area contributed by atoms with Gasteiger partial charge in [0.05, 0.1) is 17.7 Å². The highest BCUT2D eigenvalue weighted by Crippen LogP contribution is 2.35. The summed E-state index contributed by atoms with van der Waals surface area (Å²) in [5, 5.41) is 7.04. The van der Waals surface area contributed by atoms with E-state index in [1.165, 1.54) is 0 Å². The van der Waals surface area contributed by atoms with Crippen molar-refractivity contribution in [2.75, 3.05) is 62.3 Å². The third-order valence-corrected chi connectivity index (χ3v) is 12.4. The van der Waals surface area contributed by atoms with Crippen molar-refractivity contribution in [1.29, 1.82) is 0 Å². The van der Waals surface area contributed by atoms with E-state index in [1.807, 2.05) is 39.0 Å². The Morgan fingerprint density at radius 3 is 2.25 bits per heavy atom. The molecule has 318 valence electrons. The Balaban J connectivity index is 0.956. The zero-order chi connectivity index (χ0) is 42.9. The van der Waals surface area contributed by atoms with Crippen molar-refractivity contribution in [3.05, 3.63) is 116 Å². The predicted molar refractivity (Wildman–Crippen MR) is 230 cm³/mol. The SMILES string of the molecule is CCN(c1cc(-c2ccc(N3CCN(Cc4ccc5c(c4)C(=O)N(N4CCC(=O)NC4=O)C5=O)CC3)cc2)cc(C(=O)NCc2c(C)cc(C)[nH]c2=O)c1C)C1CCOCC1. The lowest BCUT2D eigenvalue weighted by molar-refractivity contribution is -0.122. The number of benzene rings is 3. The molecule has 4 aromatic rings. The molecule has 6 amide bonds. The van der Waals surface area contributed by atoms with Gasteiger partial charge in [0.25, 0.3) is 23.3 Å². The van der Waals surface area contributed by atoms with Crippen molar-refractivity contribution in [2.24, 2.45) is 0 Å². The zero-order valence-electron chi connectivity index (χ0n) is 35.1. The van der Waals surface area contributed by atoms with Crippen molar-refractivity contribution < 1.29 is 28.7 Å².